The molecule has 4 rings (SSSR count). The minimum Gasteiger partial charge on any atom is -0.454 e. The first-order valence-electron chi connectivity index (χ1n) is 7.57. The average molecular weight is 336 g/mol. The average Bonchev–Trinajstić information content (AvgIpc) is 2.77. The van der Waals surface area contributed by atoms with E-state index in [1.807, 2.05) is 60.8 Å². The Kier molecular flexibility index (Phi) is 3.89. The Balaban J connectivity index is 1.77. The second-order valence-electron chi connectivity index (χ2n) is 5.39. The van der Waals surface area contributed by atoms with E-state index in [9.17, 15) is 0 Å². The molecule has 1 aromatic heterocycles. The van der Waals surface area contributed by atoms with Gasteiger partial charge >= 0.3 is 0 Å². The molecule has 3 aromatic rings. The molecule has 0 bridgehead atoms. The molecule has 2 heterocycles. The number of rotatable bonds is 2. The third-order valence-corrected chi connectivity index (χ3v) is 3.93. The Labute approximate surface area is 144 Å². The van der Waals surface area contributed by atoms with E-state index in [-0.39, 0.29) is 0 Å². The lowest BCUT2D eigenvalue weighted by Gasteiger charge is -2.08. The number of aromatic nitrogens is 1. The monoisotopic (exact) mass is 335 g/mol. The fourth-order valence-corrected chi connectivity index (χ4v) is 2.71. The zero-order chi connectivity index (χ0) is 16.4. The number of fused-ring (bicyclic) bond motifs is 2. The van der Waals surface area contributed by atoms with Gasteiger partial charge < -0.3 is 10.1 Å². The van der Waals surface area contributed by atoms with Crippen molar-refractivity contribution < 1.29 is 4.74 Å². The lowest BCUT2D eigenvalue weighted by Crippen LogP contribution is -2.13. The molecule has 1 aliphatic heterocycles. The van der Waals surface area contributed by atoms with Crippen LogP contribution in [0, 0.1) is 0 Å². The van der Waals surface area contributed by atoms with E-state index in [2.05, 4.69) is 10.3 Å². The first-order valence-corrected chi connectivity index (χ1v) is 7.94. The molecule has 2 aromatic carbocycles. The van der Waals surface area contributed by atoms with Gasteiger partial charge in [0.15, 0.2) is 5.75 Å². The Morgan fingerprint density at radius 2 is 1.96 bits per heavy atom. The van der Waals surface area contributed by atoms with Crippen LogP contribution in [0.4, 0.5) is 5.69 Å². The van der Waals surface area contributed by atoms with Crippen LogP contribution in [0.25, 0.3) is 0 Å². The maximum Gasteiger partial charge on any atom is 0.151 e. The number of anilines is 1. The van der Waals surface area contributed by atoms with E-state index in [0.717, 1.165) is 34.1 Å². The normalized spacial score (nSPS) is 14.1. The summed E-state index contributed by atoms with van der Waals surface area (Å²) < 4.78 is 6.03. The van der Waals surface area contributed by atoms with Crippen molar-refractivity contribution in [1.82, 2.24) is 4.98 Å². The number of amidine groups is 1. The van der Waals surface area contributed by atoms with Crippen molar-refractivity contribution in [3.05, 3.63) is 83.1 Å². The molecule has 0 atom stereocenters. The number of hydrogen-bond donors (Lipinski definition) is 1. The second kappa shape index (κ2) is 6.34. The fourth-order valence-electron chi connectivity index (χ4n) is 2.54. The fraction of sp³-hybridized carbons (Fsp3) is 0.0526. The van der Waals surface area contributed by atoms with Crippen molar-refractivity contribution in [2.75, 3.05) is 5.32 Å². The Morgan fingerprint density at radius 3 is 2.83 bits per heavy atom. The molecule has 0 spiro atoms. The van der Waals surface area contributed by atoms with Gasteiger partial charge in [-0.05, 0) is 42.0 Å². The number of hydrogen-bond acceptors (Lipinski definition) is 3. The first-order chi connectivity index (χ1) is 11.8. The van der Waals surface area contributed by atoms with E-state index in [1.165, 1.54) is 0 Å². The molecular formula is C19H14ClN3O. The molecule has 0 saturated carbocycles. The highest BCUT2D eigenvalue weighted by Crippen LogP contribution is 2.37. The molecule has 0 saturated heterocycles. The standard InChI is InChI=1S/C19H14ClN3O/c20-14-7-8-18-16(10-14)23-19(15-5-1-2-6-17(15)24-18)22-12-13-4-3-9-21-11-13/h1-11H,12H2,(H,22,23). The predicted molar refractivity (Wildman–Crippen MR) is 96.1 cm³/mol. The third kappa shape index (κ3) is 2.96. The summed E-state index contributed by atoms with van der Waals surface area (Å²) in [5.74, 6) is 2.23. The van der Waals surface area contributed by atoms with Crippen LogP contribution in [-0.4, -0.2) is 10.8 Å². The van der Waals surface area contributed by atoms with E-state index in [1.54, 1.807) is 6.20 Å². The van der Waals surface area contributed by atoms with Crippen molar-refractivity contribution in [3.8, 4) is 11.5 Å². The lowest BCUT2D eigenvalue weighted by atomic mass is 10.2. The molecule has 118 valence electrons. The summed E-state index contributed by atoms with van der Waals surface area (Å²) in [7, 11) is 0. The molecular weight excluding hydrogens is 322 g/mol. The number of ether oxygens (including phenoxy) is 1. The SMILES string of the molecule is Clc1ccc2c(c1)NC(=NCc1cccnc1)c1ccccc1O2. The molecule has 4 nitrogen and oxygen atoms in total. The summed E-state index contributed by atoms with van der Waals surface area (Å²) in [6.45, 7) is 0.528. The molecule has 24 heavy (non-hydrogen) atoms. The molecule has 0 aliphatic carbocycles. The van der Waals surface area contributed by atoms with Crippen LogP contribution >= 0.6 is 11.6 Å². The quantitative estimate of drug-likeness (QED) is 0.724. The van der Waals surface area contributed by atoms with Gasteiger partial charge in [0.1, 0.15) is 11.6 Å². The molecule has 0 radical (unpaired) electrons. The summed E-state index contributed by atoms with van der Waals surface area (Å²) in [5.41, 5.74) is 2.75. The van der Waals surface area contributed by atoms with Crippen molar-refractivity contribution in [2.45, 2.75) is 6.54 Å². The van der Waals surface area contributed by atoms with Gasteiger partial charge in [-0.25, -0.2) is 0 Å². The molecule has 0 unspecified atom stereocenters. The van der Waals surface area contributed by atoms with Crippen molar-refractivity contribution in [3.63, 3.8) is 0 Å². The Morgan fingerprint density at radius 1 is 1.04 bits per heavy atom. The summed E-state index contributed by atoms with van der Waals surface area (Å²) in [6.07, 6.45) is 3.57. The predicted octanol–water partition coefficient (Wildman–Crippen LogP) is 4.90. The summed E-state index contributed by atoms with van der Waals surface area (Å²) in [5, 5.41) is 3.99. The number of pyridine rings is 1. The van der Waals surface area contributed by atoms with Crippen molar-refractivity contribution in [2.24, 2.45) is 4.99 Å². The maximum absolute atomic E-state index is 6.12. The minimum absolute atomic E-state index is 0.528. The summed E-state index contributed by atoms with van der Waals surface area (Å²) >= 11 is 6.12. The number of nitrogens with zero attached hydrogens (tertiary/aromatic N) is 2. The van der Waals surface area contributed by atoms with Crippen LogP contribution < -0.4 is 10.1 Å². The Hall–Kier alpha value is -2.85. The zero-order valence-electron chi connectivity index (χ0n) is 12.7. The molecule has 1 N–H and O–H groups in total. The largest absolute Gasteiger partial charge is 0.454 e. The van der Waals surface area contributed by atoms with Crippen LogP contribution in [0.1, 0.15) is 11.1 Å². The highest BCUT2D eigenvalue weighted by Gasteiger charge is 2.19. The number of halogens is 1. The van der Waals surface area contributed by atoms with Crippen LogP contribution in [-0.2, 0) is 6.54 Å². The van der Waals surface area contributed by atoms with Gasteiger partial charge in [-0.3, -0.25) is 9.98 Å². The number of aliphatic imine (C=N–C) groups is 1. The summed E-state index contributed by atoms with van der Waals surface area (Å²) in [4.78, 5) is 8.85. The van der Waals surface area contributed by atoms with Crippen LogP contribution in [0.3, 0.4) is 0 Å². The van der Waals surface area contributed by atoms with E-state index >= 15 is 0 Å². The topological polar surface area (TPSA) is 46.5 Å². The van der Waals surface area contributed by atoms with Gasteiger partial charge in [-0.1, -0.05) is 29.8 Å². The molecule has 1 aliphatic rings. The molecule has 5 heteroatoms. The Bertz CT molecular complexity index is 909. The smallest absolute Gasteiger partial charge is 0.151 e. The van der Waals surface area contributed by atoms with Gasteiger partial charge in [0, 0.05) is 17.4 Å². The van der Waals surface area contributed by atoms with Gasteiger partial charge in [0.05, 0.1) is 17.8 Å². The molecule has 0 fully saturated rings. The number of nitrogens with one attached hydrogen (secondary N) is 1. The second-order valence-corrected chi connectivity index (χ2v) is 5.83. The van der Waals surface area contributed by atoms with Crippen molar-refractivity contribution >= 4 is 23.1 Å². The van der Waals surface area contributed by atoms with Gasteiger partial charge in [0.25, 0.3) is 0 Å². The first kappa shape index (κ1) is 14.7. The van der Waals surface area contributed by atoms with E-state index < -0.39 is 0 Å². The minimum atomic E-state index is 0.528. The van der Waals surface area contributed by atoms with Gasteiger partial charge in [-0.15, -0.1) is 0 Å². The van der Waals surface area contributed by atoms with E-state index in [4.69, 9.17) is 21.3 Å². The lowest BCUT2D eigenvalue weighted by molar-refractivity contribution is 0.486. The number of benzene rings is 2. The van der Waals surface area contributed by atoms with Crippen LogP contribution in [0.5, 0.6) is 11.5 Å². The van der Waals surface area contributed by atoms with E-state index in [0.29, 0.717) is 11.6 Å². The molecule has 0 amide bonds. The van der Waals surface area contributed by atoms with Gasteiger partial charge in [-0.2, -0.15) is 0 Å². The maximum atomic E-state index is 6.12. The third-order valence-electron chi connectivity index (χ3n) is 3.70. The summed E-state index contributed by atoms with van der Waals surface area (Å²) in [6, 6.07) is 17.2. The highest BCUT2D eigenvalue weighted by atomic mass is 35.5. The van der Waals surface area contributed by atoms with Crippen molar-refractivity contribution in [1.29, 1.82) is 0 Å². The van der Waals surface area contributed by atoms with Crippen LogP contribution in [0.2, 0.25) is 5.02 Å². The van der Waals surface area contributed by atoms with Crippen LogP contribution in [0.15, 0.2) is 72.0 Å². The number of para-hydroxylation sites is 1. The highest BCUT2D eigenvalue weighted by molar-refractivity contribution is 6.31. The van der Waals surface area contributed by atoms with Gasteiger partial charge in [0.2, 0.25) is 0 Å². The zero-order valence-corrected chi connectivity index (χ0v) is 13.5.